The van der Waals surface area contributed by atoms with E-state index in [2.05, 4.69) is 15.6 Å². The molecule has 0 atom stereocenters. The standard InChI is InChI=1S/C21H17N5O3S/c22-17-6-5-15(16-7-8-30-12-16)9-18(17)23-20(27)19-11-26(25-24-19)10-13-1-3-14(4-2-13)21(28)29/h1-9,11-12H,10,22H2,(H,23,27)(H,28,29). The van der Waals surface area contributed by atoms with E-state index in [0.717, 1.165) is 16.7 Å². The number of benzene rings is 2. The molecule has 4 aromatic rings. The maximum absolute atomic E-state index is 12.6. The second-order valence-electron chi connectivity index (χ2n) is 6.57. The molecule has 0 aliphatic carbocycles. The van der Waals surface area contributed by atoms with Crippen LogP contribution in [0.4, 0.5) is 11.4 Å². The minimum absolute atomic E-state index is 0.150. The average Bonchev–Trinajstić information content (AvgIpc) is 3.42. The number of rotatable bonds is 6. The first-order valence-corrected chi connectivity index (χ1v) is 9.90. The number of carbonyl (C=O) groups is 2. The summed E-state index contributed by atoms with van der Waals surface area (Å²) in [7, 11) is 0. The van der Waals surface area contributed by atoms with Crippen molar-refractivity contribution < 1.29 is 14.7 Å². The van der Waals surface area contributed by atoms with Crippen molar-refractivity contribution in [3.8, 4) is 11.1 Å². The lowest BCUT2D eigenvalue weighted by atomic mass is 10.1. The van der Waals surface area contributed by atoms with E-state index < -0.39 is 11.9 Å². The number of aromatic nitrogens is 3. The summed E-state index contributed by atoms with van der Waals surface area (Å²) in [6, 6.07) is 13.9. The highest BCUT2D eigenvalue weighted by Gasteiger charge is 2.14. The zero-order valence-electron chi connectivity index (χ0n) is 15.6. The third-order valence-electron chi connectivity index (χ3n) is 4.47. The van der Waals surface area contributed by atoms with E-state index in [1.165, 1.54) is 23.0 Å². The molecule has 0 radical (unpaired) electrons. The Morgan fingerprint density at radius 2 is 1.90 bits per heavy atom. The van der Waals surface area contributed by atoms with Crippen molar-refractivity contribution in [3.05, 3.63) is 82.3 Å². The van der Waals surface area contributed by atoms with Crippen molar-refractivity contribution in [2.45, 2.75) is 6.54 Å². The Kier molecular flexibility index (Phi) is 5.27. The van der Waals surface area contributed by atoms with E-state index in [1.807, 2.05) is 29.0 Å². The van der Waals surface area contributed by atoms with Crippen LogP contribution in [0.25, 0.3) is 11.1 Å². The number of carbonyl (C=O) groups excluding carboxylic acids is 1. The van der Waals surface area contributed by atoms with E-state index in [0.29, 0.717) is 17.9 Å². The van der Waals surface area contributed by atoms with Gasteiger partial charge >= 0.3 is 5.97 Å². The molecule has 2 aromatic carbocycles. The number of nitrogens with zero attached hydrogens (tertiary/aromatic N) is 3. The van der Waals surface area contributed by atoms with Crippen LogP contribution >= 0.6 is 11.3 Å². The minimum atomic E-state index is -0.983. The predicted molar refractivity (Wildman–Crippen MR) is 115 cm³/mol. The first-order valence-electron chi connectivity index (χ1n) is 8.95. The second kappa shape index (κ2) is 8.18. The number of carboxylic acids is 1. The predicted octanol–water partition coefficient (Wildman–Crippen LogP) is 3.59. The fourth-order valence-electron chi connectivity index (χ4n) is 2.88. The lowest BCUT2D eigenvalue weighted by molar-refractivity contribution is 0.0696. The molecule has 4 rings (SSSR count). The van der Waals surface area contributed by atoms with Gasteiger partial charge in [-0.2, -0.15) is 11.3 Å². The van der Waals surface area contributed by atoms with Gasteiger partial charge in [0.25, 0.3) is 5.91 Å². The van der Waals surface area contributed by atoms with E-state index in [9.17, 15) is 9.59 Å². The van der Waals surface area contributed by atoms with Crippen LogP contribution < -0.4 is 11.1 Å². The zero-order chi connectivity index (χ0) is 21.1. The summed E-state index contributed by atoms with van der Waals surface area (Å²) in [5.41, 5.74) is 10.2. The highest BCUT2D eigenvalue weighted by Crippen LogP contribution is 2.28. The largest absolute Gasteiger partial charge is 0.478 e. The normalized spacial score (nSPS) is 10.7. The number of aromatic carboxylic acids is 1. The van der Waals surface area contributed by atoms with Crippen LogP contribution in [0.15, 0.2) is 65.5 Å². The number of nitrogens with one attached hydrogen (secondary N) is 1. The molecule has 0 fully saturated rings. The van der Waals surface area contributed by atoms with Crippen molar-refractivity contribution >= 4 is 34.6 Å². The molecule has 2 heterocycles. The van der Waals surface area contributed by atoms with Gasteiger partial charge in [-0.25, -0.2) is 9.48 Å². The van der Waals surface area contributed by atoms with Gasteiger partial charge in [0.2, 0.25) is 0 Å². The lowest BCUT2D eigenvalue weighted by Gasteiger charge is -2.09. The maximum atomic E-state index is 12.6. The molecule has 0 bridgehead atoms. The molecule has 1 amide bonds. The molecule has 30 heavy (non-hydrogen) atoms. The Morgan fingerprint density at radius 1 is 1.10 bits per heavy atom. The molecule has 0 aliphatic heterocycles. The Labute approximate surface area is 175 Å². The van der Waals surface area contributed by atoms with Crippen molar-refractivity contribution in [3.63, 3.8) is 0 Å². The number of carboxylic acid groups (broad SMARTS) is 1. The van der Waals surface area contributed by atoms with Crippen LogP contribution in [0.2, 0.25) is 0 Å². The summed E-state index contributed by atoms with van der Waals surface area (Å²) in [6.45, 7) is 0.357. The minimum Gasteiger partial charge on any atom is -0.478 e. The molecule has 2 aromatic heterocycles. The van der Waals surface area contributed by atoms with Gasteiger partial charge in [0.1, 0.15) is 0 Å². The Morgan fingerprint density at radius 3 is 2.60 bits per heavy atom. The van der Waals surface area contributed by atoms with Crippen LogP contribution in [-0.4, -0.2) is 32.0 Å². The number of hydrogen-bond donors (Lipinski definition) is 3. The van der Waals surface area contributed by atoms with E-state index in [1.54, 1.807) is 29.5 Å². The number of nitrogen functional groups attached to an aromatic ring is 1. The van der Waals surface area contributed by atoms with Gasteiger partial charge in [-0.3, -0.25) is 4.79 Å². The first kappa shape index (κ1) is 19.3. The molecule has 8 nitrogen and oxygen atoms in total. The fourth-order valence-corrected chi connectivity index (χ4v) is 3.54. The van der Waals surface area contributed by atoms with Gasteiger partial charge in [0.05, 0.1) is 29.7 Å². The molecule has 0 unspecified atom stereocenters. The number of amides is 1. The van der Waals surface area contributed by atoms with Crippen LogP contribution in [0.1, 0.15) is 26.4 Å². The number of thiophene rings is 1. The van der Waals surface area contributed by atoms with Gasteiger partial charge in [-0.15, -0.1) is 5.10 Å². The SMILES string of the molecule is Nc1ccc(-c2ccsc2)cc1NC(=O)c1cn(Cc2ccc(C(=O)O)cc2)nn1. The monoisotopic (exact) mass is 419 g/mol. The Balaban J connectivity index is 1.47. The fraction of sp³-hybridized carbons (Fsp3) is 0.0476. The van der Waals surface area contributed by atoms with Crippen molar-refractivity contribution in [1.29, 1.82) is 0 Å². The molecular weight excluding hydrogens is 402 g/mol. The third-order valence-corrected chi connectivity index (χ3v) is 5.16. The first-order chi connectivity index (χ1) is 14.5. The van der Waals surface area contributed by atoms with Gasteiger partial charge in [-0.05, 0) is 57.8 Å². The maximum Gasteiger partial charge on any atom is 0.335 e. The van der Waals surface area contributed by atoms with Crippen molar-refractivity contribution in [2.75, 3.05) is 11.1 Å². The van der Waals surface area contributed by atoms with Crippen LogP contribution in [0.5, 0.6) is 0 Å². The Bertz CT molecular complexity index is 1200. The van der Waals surface area contributed by atoms with Gasteiger partial charge in [-0.1, -0.05) is 23.4 Å². The number of hydrogen-bond acceptors (Lipinski definition) is 6. The highest BCUT2D eigenvalue weighted by molar-refractivity contribution is 7.08. The molecule has 0 aliphatic rings. The van der Waals surface area contributed by atoms with Gasteiger partial charge < -0.3 is 16.2 Å². The molecule has 150 valence electrons. The lowest BCUT2D eigenvalue weighted by Crippen LogP contribution is -2.13. The summed E-state index contributed by atoms with van der Waals surface area (Å²) in [5.74, 6) is -1.40. The zero-order valence-corrected chi connectivity index (χ0v) is 16.5. The quantitative estimate of drug-likeness (QED) is 0.411. The summed E-state index contributed by atoms with van der Waals surface area (Å²) in [4.78, 5) is 23.5. The van der Waals surface area contributed by atoms with Crippen LogP contribution in [-0.2, 0) is 6.54 Å². The molecular formula is C21H17N5O3S. The highest BCUT2D eigenvalue weighted by atomic mass is 32.1. The average molecular weight is 419 g/mol. The summed E-state index contributed by atoms with van der Waals surface area (Å²) in [6.07, 6.45) is 1.53. The van der Waals surface area contributed by atoms with Gasteiger partial charge in [0, 0.05) is 0 Å². The van der Waals surface area contributed by atoms with E-state index in [4.69, 9.17) is 10.8 Å². The summed E-state index contributed by atoms with van der Waals surface area (Å²) in [5, 5.41) is 23.6. The number of nitrogens with two attached hydrogens (primary N) is 1. The van der Waals surface area contributed by atoms with E-state index >= 15 is 0 Å². The smallest absolute Gasteiger partial charge is 0.335 e. The van der Waals surface area contributed by atoms with Crippen molar-refractivity contribution in [1.82, 2.24) is 15.0 Å². The third kappa shape index (κ3) is 4.20. The molecule has 4 N–H and O–H groups in total. The van der Waals surface area contributed by atoms with Crippen LogP contribution in [0, 0.1) is 0 Å². The van der Waals surface area contributed by atoms with Gasteiger partial charge in [0.15, 0.2) is 5.69 Å². The molecule has 9 heteroatoms. The summed E-state index contributed by atoms with van der Waals surface area (Å²) < 4.78 is 1.51. The topological polar surface area (TPSA) is 123 Å². The van der Waals surface area contributed by atoms with E-state index in [-0.39, 0.29) is 11.3 Å². The Hall–Kier alpha value is -3.98. The van der Waals surface area contributed by atoms with Crippen LogP contribution in [0.3, 0.4) is 0 Å². The molecule has 0 saturated heterocycles. The second-order valence-corrected chi connectivity index (χ2v) is 7.35. The number of anilines is 2. The summed E-state index contributed by atoms with van der Waals surface area (Å²) >= 11 is 1.59. The molecule has 0 saturated carbocycles. The molecule has 0 spiro atoms. The van der Waals surface area contributed by atoms with Crippen molar-refractivity contribution in [2.24, 2.45) is 0 Å².